The number of nitrogens with zero attached hydrogens (tertiary/aromatic N) is 4. The molecule has 1 aromatic carbocycles. The van der Waals surface area contributed by atoms with Crippen molar-refractivity contribution in [3.05, 3.63) is 59.3 Å². The fraction of sp³-hybridized carbons (Fsp3) is 0.250. The van der Waals surface area contributed by atoms with E-state index in [9.17, 15) is 18.0 Å². The van der Waals surface area contributed by atoms with Crippen LogP contribution in [0.1, 0.15) is 12.0 Å². The van der Waals surface area contributed by atoms with Crippen LogP contribution in [0.25, 0.3) is 16.7 Å². The highest BCUT2D eigenvalue weighted by Gasteiger charge is 2.31. The van der Waals surface area contributed by atoms with Gasteiger partial charge < -0.3 is 10.6 Å². The van der Waals surface area contributed by atoms with Gasteiger partial charge in [-0.05, 0) is 36.8 Å². The number of rotatable bonds is 4. The molecule has 1 fully saturated rings. The number of alkyl halides is 3. The van der Waals surface area contributed by atoms with Crippen molar-refractivity contribution < 1.29 is 18.0 Å². The summed E-state index contributed by atoms with van der Waals surface area (Å²) in [6.07, 6.45) is -2.28. The molecule has 0 saturated carbocycles. The Bertz CT molecular complexity index is 1140. The van der Waals surface area contributed by atoms with Gasteiger partial charge in [0, 0.05) is 30.8 Å². The Labute approximate surface area is 174 Å². The first kappa shape index (κ1) is 20.2. The topological polar surface area (TPSA) is 77.0 Å². The number of aromatic nitrogens is 3. The number of benzene rings is 1. The van der Waals surface area contributed by atoms with Crippen molar-refractivity contribution in [3.8, 4) is 5.69 Å². The lowest BCUT2D eigenvalue weighted by molar-refractivity contribution is -0.137. The van der Waals surface area contributed by atoms with E-state index in [0.29, 0.717) is 52.6 Å². The first-order chi connectivity index (χ1) is 14.1. The predicted molar refractivity (Wildman–Crippen MR) is 108 cm³/mol. The molecular formula is C20H17ClF3N5O. The SMILES string of the molecule is C=C(C(N)=O)C1CCN(c2nn(-c3ccc(C(F)(F)F)cc3)c3ncc(Cl)cc23)C1. The second-order valence-electron chi connectivity index (χ2n) is 7.13. The zero-order chi connectivity index (χ0) is 21.6. The Morgan fingerprint density at radius 3 is 2.60 bits per heavy atom. The predicted octanol–water partition coefficient (Wildman–Crippen LogP) is 3.96. The highest BCUT2D eigenvalue weighted by Crippen LogP contribution is 2.35. The van der Waals surface area contributed by atoms with Crippen molar-refractivity contribution in [1.82, 2.24) is 14.8 Å². The van der Waals surface area contributed by atoms with E-state index in [0.717, 1.165) is 12.1 Å². The first-order valence-electron chi connectivity index (χ1n) is 9.10. The lowest BCUT2D eigenvalue weighted by Crippen LogP contribution is -2.24. The second kappa shape index (κ2) is 7.32. The van der Waals surface area contributed by atoms with E-state index in [1.54, 1.807) is 6.07 Å². The van der Waals surface area contributed by atoms with Crippen LogP contribution in [0.4, 0.5) is 19.0 Å². The molecule has 1 aliphatic heterocycles. The molecule has 1 atom stereocenters. The van der Waals surface area contributed by atoms with Gasteiger partial charge in [-0.25, -0.2) is 9.67 Å². The summed E-state index contributed by atoms with van der Waals surface area (Å²) in [5, 5.41) is 5.68. The monoisotopic (exact) mass is 435 g/mol. The standard InChI is InChI=1S/C20H17ClF3N5O/c1-11(17(25)30)12-6-7-28(10-12)19-16-8-14(21)9-26-18(16)29(27-19)15-4-2-13(3-5-15)20(22,23)24/h2-5,8-9,12H,1,6-7,10H2,(H2,25,30). The number of pyridine rings is 1. The van der Waals surface area contributed by atoms with Crippen LogP contribution < -0.4 is 10.6 Å². The first-order valence-corrected chi connectivity index (χ1v) is 9.48. The number of hydrogen-bond acceptors (Lipinski definition) is 4. The van der Waals surface area contributed by atoms with Crippen LogP contribution in [-0.2, 0) is 11.0 Å². The summed E-state index contributed by atoms with van der Waals surface area (Å²) < 4.78 is 40.2. The third kappa shape index (κ3) is 3.60. The number of fused-ring (bicyclic) bond motifs is 1. The van der Waals surface area contributed by atoms with Gasteiger partial charge in [-0.3, -0.25) is 4.79 Å². The van der Waals surface area contributed by atoms with Gasteiger partial charge in [-0.1, -0.05) is 18.2 Å². The Balaban J connectivity index is 1.75. The molecule has 0 bridgehead atoms. The lowest BCUT2D eigenvalue weighted by Gasteiger charge is -2.16. The molecule has 1 unspecified atom stereocenters. The van der Waals surface area contributed by atoms with Crippen molar-refractivity contribution in [3.63, 3.8) is 0 Å². The van der Waals surface area contributed by atoms with Gasteiger partial charge in [0.2, 0.25) is 5.91 Å². The van der Waals surface area contributed by atoms with Crippen LogP contribution in [0.3, 0.4) is 0 Å². The van der Waals surface area contributed by atoms with E-state index >= 15 is 0 Å². The maximum Gasteiger partial charge on any atom is 0.416 e. The molecule has 1 saturated heterocycles. The number of amides is 1. The molecule has 3 aromatic rings. The molecule has 1 aliphatic rings. The molecule has 1 amide bonds. The molecule has 0 radical (unpaired) electrons. The number of hydrogen-bond donors (Lipinski definition) is 1. The van der Waals surface area contributed by atoms with Crippen LogP contribution in [0.5, 0.6) is 0 Å². The Morgan fingerprint density at radius 2 is 1.97 bits per heavy atom. The highest BCUT2D eigenvalue weighted by atomic mass is 35.5. The third-order valence-electron chi connectivity index (χ3n) is 5.21. The molecule has 10 heteroatoms. The normalized spacial score (nSPS) is 16.9. The van der Waals surface area contributed by atoms with Crippen LogP contribution in [0.2, 0.25) is 5.02 Å². The summed E-state index contributed by atoms with van der Waals surface area (Å²) in [6, 6.07) is 6.40. The number of nitrogens with two attached hydrogens (primary N) is 1. The van der Waals surface area contributed by atoms with E-state index in [-0.39, 0.29) is 5.92 Å². The number of anilines is 1. The van der Waals surface area contributed by atoms with Gasteiger partial charge in [0.15, 0.2) is 11.5 Å². The van der Waals surface area contributed by atoms with Crippen molar-refractivity contribution in [2.75, 3.05) is 18.0 Å². The average molecular weight is 436 g/mol. The fourth-order valence-corrected chi connectivity index (χ4v) is 3.76. The largest absolute Gasteiger partial charge is 0.416 e. The van der Waals surface area contributed by atoms with E-state index in [2.05, 4.69) is 16.7 Å². The Hall–Kier alpha value is -3.07. The zero-order valence-corrected chi connectivity index (χ0v) is 16.4. The Kier molecular flexibility index (Phi) is 4.93. The highest BCUT2D eigenvalue weighted by molar-refractivity contribution is 6.31. The summed E-state index contributed by atoms with van der Waals surface area (Å²) in [7, 11) is 0. The molecule has 0 spiro atoms. The zero-order valence-electron chi connectivity index (χ0n) is 15.7. The van der Waals surface area contributed by atoms with Gasteiger partial charge >= 0.3 is 6.18 Å². The van der Waals surface area contributed by atoms with Crippen LogP contribution >= 0.6 is 11.6 Å². The molecule has 0 aliphatic carbocycles. The number of carbonyl (C=O) groups excluding carboxylic acids is 1. The van der Waals surface area contributed by atoms with Gasteiger partial charge in [-0.15, -0.1) is 5.10 Å². The van der Waals surface area contributed by atoms with E-state index in [4.69, 9.17) is 17.3 Å². The molecule has 3 heterocycles. The maximum absolute atomic E-state index is 12.9. The lowest BCUT2D eigenvalue weighted by atomic mass is 9.99. The molecular weight excluding hydrogens is 419 g/mol. The minimum Gasteiger partial charge on any atom is -0.366 e. The number of halogens is 4. The molecule has 6 nitrogen and oxygen atoms in total. The van der Waals surface area contributed by atoms with E-state index in [1.165, 1.54) is 23.0 Å². The molecule has 30 heavy (non-hydrogen) atoms. The summed E-state index contributed by atoms with van der Waals surface area (Å²) in [6.45, 7) is 4.88. The molecule has 156 valence electrons. The van der Waals surface area contributed by atoms with Crippen molar-refractivity contribution in [2.24, 2.45) is 11.7 Å². The van der Waals surface area contributed by atoms with Crippen LogP contribution in [-0.4, -0.2) is 33.8 Å². The molecule has 2 aromatic heterocycles. The smallest absolute Gasteiger partial charge is 0.366 e. The van der Waals surface area contributed by atoms with Crippen molar-refractivity contribution in [1.29, 1.82) is 0 Å². The van der Waals surface area contributed by atoms with Crippen LogP contribution in [0.15, 0.2) is 48.7 Å². The number of carbonyl (C=O) groups is 1. The summed E-state index contributed by atoms with van der Waals surface area (Å²) in [4.78, 5) is 17.8. The molecule has 4 rings (SSSR count). The van der Waals surface area contributed by atoms with Gasteiger partial charge in [-0.2, -0.15) is 13.2 Å². The molecule has 2 N–H and O–H groups in total. The van der Waals surface area contributed by atoms with Gasteiger partial charge in [0.25, 0.3) is 0 Å². The van der Waals surface area contributed by atoms with Crippen molar-refractivity contribution >= 4 is 34.4 Å². The third-order valence-corrected chi connectivity index (χ3v) is 5.41. The van der Waals surface area contributed by atoms with Gasteiger partial charge in [0.05, 0.1) is 21.7 Å². The quantitative estimate of drug-likeness (QED) is 0.629. The minimum absolute atomic E-state index is 0.0964. The van der Waals surface area contributed by atoms with E-state index in [1.807, 2.05) is 4.90 Å². The van der Waals surface area contributed by atoms with E-state index < -0.39 is 17.6 Å². The summed E-state index contributed by atoms with van der Waals surface area (Å²) >= 11 is 6.13. The average Bonchev–Trinajstić information content (AvgIpc) is 3.31. The van der Waals surface area contributed by atoms with Gasteiger partial charge in [0.1, 0.15) is 0 Å². The fourth-order valence-electron chi connectivity index (χ4n) is 3.60. The summed E-state index contributed by atoms with van der Waals surface area (Å²) in [5.74, 6) is -0.0488. The minimum atomic E-state index is -4.42. The van der Waals surface area contributed by atoms with Crippen molar-refractivity contribution in [2.45, 2.75) is 12.6 Å². The Morgan fingerprint density at radius 1 is 1.27 bits per heavy atom. The number of primary amides is 1. The maximum atomic E-state index is 12.9. The second-order valence-corrected chi connectivity index (χ2v) is 7.56. The summed E-state index contributed by atoms with van der Waals surface area (Å²) in [5.41, 5.74) is 5.87. The van der Waals surface area contributed by atoms with Crippen LogP contribution in [0, 0.1) is 5.92 Å².